The van der Waals surface area contributed by atoms with Gasteiger partial charge in [-0.05, 0) is 25.1 Å². The van der Waals surface area contributed by atoms with Gasteiger partial charge >= 0.3 is 0 Å². The van der Waals surface area contributed by atoms with Crippen LogP contribution in [0.2, 0.25) is 4.34 Å². The Kier molecular flexibility index (Phi) is 4.93. The van der Waals surface area contributed by atoms with Gasteiger partial charge in [0.1, 0.15) is 0 Å². The van der Waals surface area contributed by atoms with E-state index >= 15 is 0 Å². The number of amides is 1. The number of rotatable bonds is 6. The summed E-state index contributed by atoms with van der Waals surface area (Å²) in [5.74, 6) is -0.267. The predicted octanol–water partition coefficient (Wildman–Crippen LogP) is 1.41. The van der Waals surface area contributed by atoms with Crippen molar-refractivity contribution in [2.24, 2.45) is 5.73 Å². The van der Waals surface area contributed by atoms with Gasteiger partial charge in [-0.15, -0.1) is 11.3 Å². The normalized spacial score (nSPS) is 10.4. The number of hydrogen-bond donors (Lipinski definition) is 2. The largest absolute Gasteiger partial charge is 0.370 e. The lowest BCUT2D eigenvalue weighted by Crippen LogP contribution is -2.23. The molecule has 0 aliphatic carbocycles. The Hall–Kier alpha value is -0.580. The highest BCUT2D eigenvalue weighted by Crippen LogP contribution is 2.21. The summed E-state index contributed by atoms with van der Waals surface area (Å²) in [6.07, 6.45) is 1.33. The third-order valence-corrected chi connectivity index (χ3v) is 3.02. The Labute approximate surface area is 92.3 Å². The van der Waals surface area contributed by atoms with Gasteiger partial charge in [0.25, 0.3) is 0 Å². The summed E-state index contributed by atoms with van der Waals surface area (Å²) in [4.78, 5) is 11.7. The second kappa shape index (κ2) is 6.01. The van der Waals surface area contributed by atoms with Crippen LogP contribution in [-0.2, 0) is 11.2 Å². The van der Waals surface area contributed by atoms with Crippen LogP contribution < -0.4 is 11.1 Å². The number of carbonyl (C=O) groups excluding carboxylic acids is 1. The Morgan fingerprint density at radius 3 is 2.86 bits per heavy atom. The minimum atomic E-state index is -0.267. The van der Waals surface area contributed by atoms with E-state index in [0.717, 1.165) is 17.3 Å². The van der Waals surface area contributed by atoms with E-state index in [1.807, 2.05) is 12.1 Å². The Balaban J connectivity index is 2.07. The van der Waals surface area contributed by atoms with Crippen molar-refractivity contribution in [3.05, 3.63) is 21.3 Å². The molecule has 0 atom stereocenters. The fourth-order valence-electron chi connectivity index (χ4n) is 1.03. The number of nitrogens with two attached hydrogens (primary N) is 1. The fraction of sp³-hybridized carbons (Fsp3) is 0.444. The molecular formula is C9H13ClN2OS. The van der Waals surface area contributed by atoms with Crippen LogP contribution >= 0.6 is 22.9 Å². The standard InChI is InChI=1S/C9H13ClN2OS/c10-8-2-1-7(14-8)3-5-12-6-4-9(11)13/h1-2,12H,3-6H2,(H2,11,13). The first-order valence-corrected chi connectivity index (χ1v) is 5.61. The molecule has 3 nitrogen and oxygen atoms in total. The number of primary amides is 1. The van der Waals surface area contributed by atoms with Crippen molar-refractivity contribution in [1.82, 2.24) is 5.32 Å². The smallest absolute Gasteiger partial charge is 0.218 e. The lowest BCUT2D eigenvalue weighted by atomic mass is 10.3. The second-order valence-electron chi connectivity index (χ2n) is 2.92. The third kappa shape index (κ3) is 4.60. The van der Waals surface area contributed by atoms with Crippen LogP contribution in [0.25, 0.3) is 0 Å². The summed E-state index contributed by atoms with van der Waals surface area (Å²) in [6.45, 7) is 1.50. The van der Waals surface area contributed by atoms with Gasteiger partial charge in [0.2, 0.25) is 5.91 Å². The number of carbonyl (C=O) groups is 1. The zero-order chi connectivity index (χ0) is 10.4. The molecule has 14 heavy (non-hydrogen) atoms. The van der Waals surface area contributed by atoms with Crippen molar-refractivity contribution in [1.29, 1.82) is 0 Å². The van der Waals surface area contributed by atoms with Crippen molar-refractivity contribution in [3.63, 3.8) is 0 Å². The van der Waals surface area contributed by atoms with E-state index in [1.165, 1.54) is 4.88 Å². The summed E-state index contributed by atoms with van der Waals surface area (Å²) in [7, 11) is 0. The van der Waals surface area contributed by atoms with E-state index in [4.69, 9.17) is 17.3 Å². The van der Waals surface area contributed by atoms with E-state index in [2.05, 4.69) is 5.32 Å². The Morgan fingerprint density at radius 1 is 1.50 bits per heavy atom. The Bertz CT molecular complexity index is 301. The highest BCUT2D eigenvalue weighted by molar-refractivity contribution is 7.16. The van der Waals surface area contributed by atoms with Gasteiger partial charge in [-0.25, -0.2) is 0 Å². The molecule has 1 amide bonds. The maximum absolute atomic E-state index is 10.4. The number of halogens is 1. The van der Waals surface area contributed by atoms with Crippen LogP contribution in [0, 0.1) is 0 Å². The quantitative estimate of drug-likeness (QED) is 0.729. The molecule has 0 radical (unpaired) electrons. The molecule has 0 saturated heterocycles. The molecule has 1 aromatic rings. The first-order chi connectivity index (χ1) is 6.68. The van der Waals surface area contributed by atoms with Crippen molar-refractivity contribution in [2.45, 2.75) is 12.8 Å². The molecule has 1 aromatic heterocycles. The van der Waals surface area contributed by atoms with E-state index in [1.54, 1.807) is 11.3 Å². The first kappa shape index (κ1) is 11.5. The molecule has 1 heterocycles. The molecule has 0 aliphatic heterocycles. The number of hydrogen-bond acceptors (Lipinski definition) is 3. The minimum Gasteiger partial charge on any atom is -0.370 e. The van der Waals surface area contributed by atoms with Crippen LogP contribution in [0.3, 0.4) is 0 Å². The van der Waals surface area contributed by atoms with Crippen LogP contribution in [0.15, 0.2) is 12.1 Å². The monoisotopic (exact) mass is 232 g/mol. The number of thiophene rings is 1. The SMILES string of the molecule is NC(=O)CCNCCc1ccc(Cl)s1. The Morgan fingerprint density at radius 2 is 2.29 bits per heavy atom. The zero-order valence-corrected chi connectivity index (χ0v) is 9.33. The second-order valence-corrected chi connectivity index (χ2v) is 4.72. The molecule has 0 aliphatic rings. The molecule has 0 bridgehead atoms. The average molecular weight is 233 g/mol. The van der Waals surface area contributed by atoms with Crippen molar-refractivity contribution < 1.29 is 4.79 Å². The first-order valence-electron chi connectivity index (χ1n) is 4.41. The van der Waals surface area contributed by atoms with E-state index in [0.29, 0.717) is 13.0 Å². The summed E-state index contributed by atoms with van der Waals surface area (Å²) >= 11 is 7.36. The topological polar surface area (TPSA) is 55.1 Å². The van der Waals surface area contributed by atoms with Gasteiger partial charge in [0.05, 0.1) is 4.34 Å². The molecule has 0 aromatic carbocycles. The maximum Gasteiger partial charge on any atom is 0.218 e. The van der Waals surface area contributed by atoms with Crippen LogP contribution in [0.5, 0.6) is 0 Å². The van der Waals surface area contributed by atoms with Gasteiger partial charge in [0, 0.05) is 17.8 Å². The van der Waals surface area contributed by atoms with Crippen LogP contribution in [-0.4, -0.2) is 19.0 Å². The summed E-state index contributed by atoms with van der Waals surface area (Å²) in [5.41, 5.74) is 4.99. The van der Waals surface area contributed by atoms with Gasteiger partial charge in [-0.3, -0.25) is 4.79 Å². The van der Waals surface area contributed by atoms with Gasteiger partial charge in [-0.1, -0.05) is 11.6 Å². The van der Waals surface area contributed by atoms with Crippen molar-refractivity contribution in [3.8, 4) is 0 Å². The summed E-state index contributed by atoms with van der Waals surface area (Å²) in [6, 6.07) is 3.91. The van der Waals surface area contributed by atoms with Crippen molar-refractivity contribution >= 4 is 28.8 Å². The molecular weight excluding hydrogens is 220 g/mol. The van der Waals surface area contributed by atoms with Crippen LogP contribution in [0.4, 0.5) is 0 Å². The lowest BCUT2D eigenvalue weighted by Gasteiger charge is -2.00. The molecule has 0 spiro atoms. The zero-order valence-electron chi connectivity index (χ0n) is 7.75. The number of nitrogens with one attached hydrogen (secondary N) is 1. The molecule has 0 unspecified atom stereocenters. The maximum atomic E-state index is 10.4. The van der Waals surface area contributed by atoms with Gasteiger partial charge in [-0.2, -0.15) is 0 Å². The molecule has 1 rings (SSSR count). The van der Waals surface area contributed by atoms with E-state index < -0.39 is 0 Å². The predicted molar refractivity (Wildman–Crippen MR) is 59.7 cm³/mol. The average Bonchev–Trinajstić information content (AvgIpc) is 2.50. The van der Waals surface area contributed by atoms with Gasteiger partial charge < -0.3 is 11.1 Å². The van der Waals surface area contributed by atoms with E-state index in [9.17, 15) is 4.79 Å². The molecule has 5 heteroatoms. The molecule has 0 saturated carbocycles. The third-order valence-electron chi connectivity index (χ3n) is 1.73. The highest BCUT2D eigenvalue weighted by atomic mass is 35.5. The minimum absolute atomic E-state index is 0.267. The summed E-state index contributed by atoms with van der Waals surface area (Å²) in [5, 5.41) is 3.14. The van der Waals surface area contributed by atoms with Crippen molar-refractivity contribution in [2.75, 3.05) is 13.1 Å². The van der Waals surface area contributed by atoms with Crippen LogP contribution in [0.1, 0.15) is 11.3 Å². The lowest BCUT2D eigenvalue weighted by molar-refractivity contribution is -0.117. The fourth-order valence-corrected chi connectivity index (χ4v) is 2.12. The molecule has 78 valence electrons. The molecule has 0 fully saturated rings. The van der Waals surface area contributed by atoms with Gasteiger partial charge in [0.15, 0.2) is 0 Å². The molecule has 3 N–H and O–H groups in total. The summed E-state index contributed by atoms with van der Waals surface area (Å²) < 4.78 is 0.817. The highest BCUT2D eigenvalue weighted by Gasteiger charge is 1.98. The van der Waals surface area contributed by atoms with E-state index in [-0.39, 0.29) is 5.91 Å².